The highest BCUT2D eigenvalue weighted by Gasteiger charge is 2.21. The number of piperidine rings is 1. The summed E-state index contributed by atoms with van der Waals surface area (Å²) >= 11 is 0. The Labute approximate surface area is 192 Å². The number of hydrogen-bond donors (Lipinski definition) is 3. The summed E-state index contributed by atoms with van der Waals surface area (Å²) in [5.74, 6) is 0.859. The van der Waals surface area contributed by atoms with Crippen LogP contribution in [0.4, 0.5) is 4.79 Å². The summed E-state index contributed by atoms with van der Waals surface area (Å²) in [6, 6.07) is 11.0. The van der Waals surface area contributed by atoms with Gasteiger partial charge in [-0.25, -0.2) is 4.79 Å². The third-order valence-corrected chi connectivity index (χ3v) is 5.34. The van der Waals surface area contributed by atoms with Crippen molar-refractivity contribution in [1.82, 2.24) is 20.4 Å². The summed E-state index contributed by atoms with van der Waals surface area (Å²) < 4.78 is 0. The lowest BCUT2D eigenvalue weighted by molar-refractivity contribution is 0.188. The monoisotopic (exact) mass is 516 g/mol. The second-order valence-corrected chi connectivity index (χ2v) is 7.54. The lowest BCUT2D eigenvalue weighted by atomic mass is 10.1. The third kappa shape index (κ3) is 9.20. The number of carbonyl (C=O) groups is 1. The Morgan fingerprint density at radius 1 is 1.31 bits per heavy atom. The van der Waals surface area contributed by atoms with Crippen molar-refractivity contribution in [3.63, 3.8) is 0 Å². The van der Waals surface area contributed by atoms with E-state index in [1.54, 1.807) is 4.90 Å². The Morgan fingerprint density at radius 3 is 2.55 bits per heavy atom. The van der Waals surface area contributed by atoms with Gasteiger partial charge in [0.2, 0.25) is 0 Å². The average molecular weight is 516 g/mol. The van der Waals surface area contributed by atoms with E-state index in [-0.39, 0.29) is 30.0 Å². The number of primary amides is 1. The van der Waals surface area contributed by atoms with Gasteiger partial charge < -0.3 is 21.3 Å². The van der Waals surface area contributed by atoms with E-state index in [4.69, 9.17) is 10.7 Å². The molecule has 2 rings (SSSR count). The highest BCUT2D eigenvalue weighted by Crippen LogP contribution is 2.10. The number of aliphatic imine (C=N–C) groups is 1. The van der Waals surface area contributed by atoms with Crippen LogP contribution in [0.1, 0.15) is 38.7 Å². The van der Waals surface area contributed by atoms with Gasteiger partial charge in [0.05, 0.1) is 0 Å². The average Bonchev–Trinajstić information content (AvgIpc) is 2.69. The minimum Gasteiger partial charge on any atom is -0.357 e. The maximum absolute atomic E-state index is 11.2. The van der Waals surface area contributed by atoms with E-state index in [2.05, 4.69) is 66.8 Å². The Kier molecular flexibility index (Phi) is 12.0. The number of nitrogens with one attached hydrogen (secondary N) is 2. The zero-order chi connectivity index (χ0) is 20.4. The lowest BCUT2D eigenvalue weighted by Crippen LogP contribution is -2.50. The quantitative estimate of drug-likeness (QED) is 0.282. The molecule has 2 amide bonds. The topological polar surface area (TPSA) is 86.0 Å². The van der Waals surface area contributed by atoms with Crippen LogP contribution in [0.15, 0.2) is 35.3 Å². The number of amides is 2. The molecule has 0 saturated carbocycles. The fourth-order valence-electron chi connectivity index (χ4n) is 3.37. The van der Waals surface area contributed by atoms with Gasteiger partial charge in [-0.1, -0.05) is 30.3 Å². The molecule has 0 spiro atoms. The second-order valence-electron chi connectivity index (χ2n) is 7.54. The second kappa shape index (κ2) is 13.6. The van der Waals surface area contributed by atoms with E-state index in [0.29, 0.717) is 25.2 Å². The van der Waals surface area contributed by atoms with Crippen molar-refractivity contribution in [3.05, 3.63) is 35.9 Å². The third-order valence-electron chi connectivity index (χ3n) is 5.34. The summed E-state index contributed by atoms with van der Waals surface area (Å²) in [4.78, 5) is 20.1. The number of nitrogens with two attached hydrogens (primary N) is 1. The number of guanidine groups is 1. The number of rotatable bonds is 8. The molecular formula is C21H37IN6O. The molecule has 1 unspecified atom stereocenters. The van der Waals surface area contributed by atoms with Crippen molar-refractivity contribution in [2.45, 2.75) is 51.7 Å². The van der Waals surface area contributed by atoms with E-state index in [9.17, 15) is 4.79 Å². The Balaban J connectivity index is 0.00000420. The first kappa shape index (κ1) is 25.5. The number of likely N-dealkylation sites (tertiary alicyclic amines) is 1. The standard InChI is InChI=1S/C21H36N6O.HI/c1-4-23-21(25-19-11-14-27(15-12-19)20(22)28)24-13-10-17(2)26(3)16-18-8-6-5-7-9-18;/h5-9,17,19H,4,10-16H2,1-3H3,(H2,22,28)(H2,23,24,25);1H. The SMILES string of the molecule is CCNC(=NCCC(C)N(C)Cc1ccccc1)NC1CCN(C(N)=O)CC1.I. The van der Waals surface area contributed by atoms with Crippen LogP contribution in [0.5, 0.6) is 0 Å². The Hall–Kier alpha value is -1.55. The van der Waals surface area contributed by atoms with Crippen LogP contribution >= 0.6 is 24.0 Å². The van der Waals surface area contributed by atoms with E-state index >= 15 is 0 Å². The van der Waals surface area contributed by atoms with Gasteiger partial charge in [0.1, 0.15) is 0 Å². The minimum absolute atomic E-state index is 0. The highest BCUT2D eigenvalue weighted by molar-refractivity contribution is 14.0. The molecule has 0 radical (unpaired) electrons. The fraction of sp³-hybridized carbons (Fsp3) is 0.619. The summed E-state index contributed by atoms with van der Waals surface area (Å²) in [7, 11) is 2.16. The lowest BCUT2D eigenvalue weighted by Gasteiger charge is -2.32. The maximum Gasteiger partial charge on any atom is 0.314 e. The molecule has 1 aliphatic heterocycles. The molecule has 0 bridgehead atoms. The Bertz CT molecular complexity index is 619. The van der Waals surface area contributed by atoms with E-state index < -0.39 is 0 Å². The van der Waals surface area contributed by atoms with Gasteiger partial charge in [-0.2, -0.15) is 0 Å². The number of carbonyl (C=O) groups excluding carboxylic acids is 1. The molecule has 1 heterocycles. The molecule has 1 aliphatic rings. The van der Waals surface area contributed by atoms with Gasteiger partial charge in [0.15, 0.2) is 5.96 Å². The predicted molar refractivity (Wildman–Crippen MR) is 131 cm³/mol. The van der Waals surface area contributed by atoms with Crippen LogP contribution in [0.2, 0.25) is 0 Å². The van der Waals surface area contributed by atoms with Crippen LogP contribution in [-0.2, 0) is 6.54 Å². The number of benzene rings is 1. The van der Waals surface area contributed by atoms with Crippen LogP contribution in [-0.4, -0.2) is 67.1 Å². The molecule has 4 N–H and O–H groups in total. The minimum atomic E-state index is -0.326. The van der Waals surface area contributed by atoms with Crippen LogP contribution in [0.25, 0.3) is 0 Å². The first-order valence-corrected chi connectivity index (χ1v) is 10.3. The number of urea groups is 1. The molecule has 0 aliphatic carbocycles. The van der Waals surface area contributed by atoms with Crippen molar-refractivity contribution in [2.75, 3.05) is 33.2 Å². The molecule has 1 fully saturated rings. The van der Waals surface area contributed by atoms with Crippen LogP contribution in [0.3, 0.4) is 0 Å². The van der Waals surface area contributed by atoms with Crippen molar-refractivity contribution in [1.29, 1.82) is 0 Å². The number of halogens is 1. The summed E-state index contributed by atoms with van der Waals surface area (Å²) in [6.07, 6.45) is 2.78. The van der Waals surface area contributed by atoms with Gasteiger partial charge >= 0.3 is 6.03 Å². The zero-order valence-electron chi connectivity index (χ0n) is 17.9. The van der Waals surface area contributed by atoms with Crippen LogP contribution in [0, 0.1) is 0 Å². The van der Waals surface area contributed by atoms with Gasteiger partial charge in [0, 0.05) is 44.8 Å². The first-order valence-electron chi connectivity index (χ1n) is 10.3. The maximum atomic E-state index is 11.2. The van der Waals surface area contributed by atoms with E-state index in [1.165, 1.54) is 5.56 Å². The van der Waals surface area contributed by atoms with Crippen molar-refractivity contribution >= 4 is 36.0 Å². The Morgan fingerprint density at radius 2 is 1.97 bits per heavy atom. The molecule has 1 atom stereocenters. The number of hydrogen-bond acceptors (Lipinski definition) is 3. The molecular weight excluding hydrogens is 479 g/mol. The number of nitrogens with zero attached hydrogens (tertiary/aromatic N) is 3. The van der Waals surface area contributed by atoms with Crippen molar-refractivity contribution in [3.8, 4) is 0 Å². The first-order chi connectivity index (χ1) is 13.5. The van der Waals surface area contributed by atoms with Crippen LogP contribution < -0.4 is 16.4 Å². The van der Waals surface area contributed by atoms with Crippen molar-refractivity contribution in [2.24, 2.45) is 10.7 Å². The summed E-state index contributed by atoms with van der Waals surface area (Å²) in [5, 5.41) is 6.83. The zero-order valence-corrected chi connectivity index (χ0v) is 20.3. The molecule has 7 nitrogen and oxygen atoms in total. The molecule has 164 valence electrons. The van der Waals surface area contributed by atoms with Gasteiger partial charge in [-0.15, -0.1) is 24.0 Å². The van der Waals surface area contributed by atoms with Crippen molar-refractivity contribution < 1.29 is 4.79 Å². The molecule has 29 heavy (non-hydrogen) atoms. The molecule has 1 aromatic carbocycles. The van der Waals surface area contributed by atoms with Gasteiger partial charge in [-0.05, 0) is 45.7 Å². The largest absolute Gasteiger partial charge is 0.357 e. The molecule has 0 aromatic heterocycles. The van der Waals surface area contributed by atoms with Gasteiger partial charge in [0.25, 0.3) is 0 Å². The smallest absolute Gasteiger partial charge is 0.314 e. The van der Waals surface area contributed by atoms with E-state index in [1.807, 2.05) is 0 Å². The molecule has 1 aromatic rings. The van der Waals surface area contributed by atoms with Gasteiger partial charge in [-0.3, -0.25) is 9.89 Å². The summed E-state index contributed by atoms with van der Waals surface area (Å²) in [5.41, 5.74) is 6.69. The highest BCUT2D eigenvalue weighted by atomic mass is 127. The molecule has 1 saturated heterocycles. The van der Waals surface area contributed by atoms with E-state index in [0.717, 1.165) is 44.9 Å². The normalized spacial score (nSPS) is 16.3. The molecule has 8 heteroatoms. The summed E-state index contributed by atoms with van der Waals surface area (Å²) in [6.45, 7) is 8.27. The fourth-order valence-corrected chi connectivity index (χ4v) is 3.37. The predicted octanol–water partition coefficient (Wildman–Crippen LogP) is 2.61.